The number of carbonyl (C=O) groups excluding carboxylic acids is 2. The minimum absolute atomic E-state index is 0.0905. The molecule has 1 heterocycles. The van der Waals surface area contributed by atoms with Crippen LogP contribution in [0.15, 0.2) is 71.9 Å². The van der Waals surface area contributed by atoms with E-state index in [9.17, 15) is 14.5 Å². The Morgan fingerprint density at radius 1 is 0.791 bits per heavy atom. The van der Waals surface area contributed by atoms with Gasteiger partial charge in [0.15, 0.2) is 0 Å². The fourth-order valence-corrected chi connectivity index (χ4v) is 6.03. The molecule has 2 N–H and O–H groups in total. The van der Waals surface area contributed by atoms with E-state index < -0.39 is 0 Å². The van der Waals surface area contributed by atoms with Gasteiger partial charge in [0.2, 0.25) is 5.91 Å². The topological polar surface area (TPSA) is 124 Å². The number of hydrogen-bond acceptors (Lipinski definition) is 7. The molecule has 10 nitrogen and oxygen atoms in total. The Morgan fingerprint density at radius 3 is 1.88 bits per heavy atom. The minimum Gasteiger partial charge on any atom is -0.371 e. The van der Waals surface area contributed by atoms with E-state index in [1.807, 2.05) is 60.7 Å². The molecule has 2 aliphatic rings. The van der Waals surface area contributed by atoms with Crippen molar-refractivity contribution in [2.45, 2.75) is 102 Å². The second-order valence-electron chi connectivity index (χ2n) is 11.5. The van der Waals surface area contributed by atoms with Crippen molar-refractivity contribution in [3.8, 4) is 0 Å². The zero-order valence-electron chi connectivity index (χ0n) is 24.5. The van der Waals surface area contributed by atoms with Gasteiger partial charge in [-0.05, 0) is 42.9 Å². The fraction of sp³-hybridized carbons (Fsp3) is 0.485. The highest BCUT2D eigenvalue weighted by molar-refractivity contribution is 5.93. The molecule has 0 aliphatic heterocycles. The van der Waals surface area contributed by atoms with Crippen molar-refractivity contribution in [2.24, 2.45) is 5.18 Å². The predicted octanol–water partition coefficient (Wildman–Crippen LogP) is 5.05. The molecule has 2 aliphatic carbocycles. The molecule has 0 unspecified atom stereocenters. The van der Waals surface area contributed by atoms with Gasteiger partial charge in [-0.25, -0.2) is 0 Å². The van der Waals surface area contributed by atoms with Crippen LogP contribution >= 0.6 is 0 Å². The summed E-state index contributed by atoms with van der Waals surface area (Å²) >= 11 is 0. The third-order valence-corrected chi connectivity index (χ3v) is 8.26. The Labute approximate surface area is 252 Å². The molecule has 2 aromatic carbocycles. The van der Waals surface area contributed by atoms with Gasteiger partial charge in [-0.15, -0.1) is 0 Å². The first-order chi connectivity index (χ1) is 21.1. The molecule has 0 bridgehead atoms. The molecule has 2 amide bonds. The van der Waals surface area contributed by atoms with Gasteiger partial charge in [0, 0.05) is 0 Å². The second-order valence-corrected chi connectivity index (χ2v) is 11.5. The zero-order valence-corrected chi connectivity index (χ0v) is 24.5. The number of nitroso groups, excluding NO2 is 1. The van der Waals surface area contributed by atoms with E-state index in [4.69, 9.17) is 9.47 Å². The molecule has 1 aromatic heterocycles. The summed E-state index contributed by atoms with van der Waals surface area (Å²) in [7, 11) is 0. The van der Waals surface area contributed by atoms with Crippen molar-refractivity contribution >= 4 is 11.8 Å². The number of carbonyl (C=O) groups is 2. The number of nitrogens with one attached hydrogen (secondary N) is 2. The standard InChI is InChI=1S/C33H41N5O5/c39-32(35-27-15-7-9-17-30(27)42-22-24-11-3-1-4-12-24)21-38-29(19-26(37-38)20-34-41)33(40)36-28-16-8-10-18-31(28)43-23-25-13-5-2-6-14-25/h1-6,11-14,19,27-28,30-31H,7-10,15-18,20-23H2,(H,35,39)(H,36,40)/t27-,28-,30-,31-/m0/s1. The molecule has 3 aromatic rings. The normalized spacial score (nSPS) is 22.0. The maximum atomic E-state index is 13.5. The number of amides is 2. The zero-order chi connectivity index (χ0) is 29.9. The average Bonchev–Trinajstić information content (AvgIpc) is 3.43. The maximum absolute atomic E-state index is 13.5. The van der Waals surface area contributed by atoms with E-state index in [0.717, 1.165) is 62.5 Å². The molecule has 0 saturated heterocycles. The summed E-state index contributed by atoms with van der Waals surface area (Å²) in [5.74, 6) is -0.607. The van der Waals surface area contributed by atoms with Crippen LogP contribution in [0.4, 0.5) is 0 Å². The van der Waals surface area contributed by atoms with Gasteiger partial charge < -0.3 is 20.1 Å². The molecular formula is C33H41N5O5. The van der Waals surface area contributed by atoms with Gasteiger partial charge in [-0.3, -0.25) is 14.3 Å². The lowest BCUT2D eigenvalue weighted by molar-refractivity contribution is -0.124. The van der Waals surface area contributed by atoms with Crippen molar-refractivity contribution < 1.29 is 19.1 Å². The molecule has 43 heavy (non-hydrogen) atoms. The van der Waals surface area contributed by atoms with Crippen LogP contribution in [0.3, 0.4) is 0 Å². The van der Waals surface area contributed by atoms with Gasteiger partial charge in [0.05, 0.1) is 43.2 Å². The van der Waals surface area contributed by atoms with E-state index in [-0.39, 0.29) is 54.9 Å². The average molecular weight is 588 g/mol. The van der Waals surface area contributed by atoms with Crippen LogP contribution in [0, 0.1) is 4.91 Å². The molecule has 228 valence electrons. The number of nitrogens with zero attached hydrogens (tertiary/aromatic N) is 3. The number of aromatic nitrogens is 2. The van der Waals surface area contributed by atoms with Crippen LogP contribution < -0.4 is 10.6 Å². The summed E-state index contributed by atoms with van der Waals surface area (Å²) in [6.45, 7) is 0.629. The van der Waals surface area contributed by atoms with Crippen LogP contribution in [-0.4, -0.2) is 45.9 Å². The van der Waals surface area contributed by atoms with Crippen LogP contribution in [-0.2, 0) is 40.6 Å². The number of rotatable bonds is 13. The molecule has 0 spiro atoms. The summed E-state index contributed by atoms with van der Waals surface area (Å²) in [6.07, 6.45) is 7.23. The lowest BCUT2D eigenvalue weighted by Crippen LogP contribution is -2.48. The van der Waals surface area contributed by atoms with Gasteiger partial charge >= 0.3 is 0 Å². The molecule has 10 heteroatoms. The van der Waals surface area contributed by atoms with Crippen molar-refractivity contribution in [2.75, 3.05) is 0 Å². The van der Waals surface area contributed by atoms with Crippen molar-refractivity contribution in [3.05, 3.63) is 94.2 Å². The second kappa shape index (κ2) is 15.5. The third kappa shape index (κ3) is 8.81. The molecule has 4 atom stereocenters. The van der Waals surface area contributed by atoms with Gasteiger partial charge in [0.1, 0.15) is 18.8 Å². The van der Waals surface area contributed by atoms with E-state index in [2.05, 4.69) is 20.9 Å². The van der Waals surface area contributed by atoms with Crippen LogP contribution in [0.5, 0.6) is 0 Å². The summed E-state index contributed by atoms with van der Waals surface area (Å²) in [6, 6.07) is 21.2. The predicted molar refractivity (Wildman–Crippen MR) is 162 cm³/mol. The first-order valence-electron chi connectivity index (χ1n) is 15.4. The van der Waals surface area contributed by atoms with Gasteiger partial charge in [0.25, 0.3) is 5.91 Å². The van der Waals surface area contributed by atoms with Gasteiger partial charge in [-0.2, -0.15) is 10.0 Å². The third-order valence-electron chi connectivity index (χ3n) is 8.26. The number of benzene rings is 2. The number of ether oxygens (including phenoxy) is 2. The van der Waals surface area contributed by atoms with Crippen LogP contribution in [0.25, 0.3) is 0 Å². The Balaban J connectivity index is 1.21. The summed E-state index contributed by atoms with van der Waals surface area (Å²) in [5, 5.41) is 13.6. The SMILES string of the molecule is O=NCc1cc(C(=O)N[C@H]2CCCC[C@@H]2OCc2ccccc2)n(CC(=O)N[C@H]2CCCC[C@@H]2OCc2ccccc2)n1. The van der Waals surface area contributed by atoms with Crippen LogP contribution in [0.1, 0.15) is 78.7 Å². The van der Waals surface area contributed by atoms with Gasteiger partial charge in [-0.1, -0.05) is 91.5 Å². The number of hydrogen-bond donors (Lipinski definition) is 2. The Hall–Kier alpha value is -3.89. The summed E-state index contributed by atoms with van der Waals surface area (Å²) in [5.41, 5.74) is 2.74. The first-order valence-corrected chi connectivity index (χ1v) is 15.4. The highest BCUT2D eigenvalue weighted by Gasteiger charge is 2.30. The summed E-state index contributed by atoms with van der Waals surface area (Å²) in [4.78, 5) is 37.8. The highest BCUT2D eigenvalue weighted by atomic mass is 16.5. The Bertz CT molecular complexity index is 1330. The molecule has 2 fully saturated rings. The Morgan fingerprint density at radius 2 is 1.33 bits per heavy atom. The lowest BCUT2D eigenvalue weighted by Gasteiger charge is -2.32. The smallest absolute Gasteiger partial charge is 0.269 e. The van der Waals surface area contributed by atoms with Crippen molar-refractivity contribution in [1.29, 1.82) is 0 Å². The Kier molecular flexibility index (Phi) is 11.0. The first kappa shape index (κ1) is 30.6. The van der Waals surface area contributed by atoms with E-state index in [1.165, 1.54) is 4.68 Å². The van der Waals surface area contributed by atoms with Crippen molar-refractivity contribution in [3.63, 3.8) is 0 Å². The monoisotopic (exact) mass is 587 g/mol. The van der Waals surface area contributed by atoms with E-state index >= 15 is 0 Å². The fourth-order valence-electron chi connectivity index (χ4n) is 6.03. The largest absolute Gasteiger partial charge is 0.371 e. The van der Waals surface area contributed by atoms with Crippen LogP contribution in [0.2, 0.25) is 0 Å². The molecule has 0 radical (unpaired) electrons. The van der Waals surface area contributed by atoms with E-state index in [0.29, 0.717) is 18.9 Å². The molecule has 5 rings (SSSR count). The lowest BCUT2D eigenvalue weighted by atomic mass is 9.92. The summed E-state index contributed by atoms with van der Waals surface area (Å²) < 4.78 is 13.8. The molecular weight excluding hydrogens is 546 g/mol. The van der Waals surface area contributed by atoms with E-state index in [1.54, 1.807) is 6.07 Å². The molecule has 2 saturated carbocycles. The van der Waals surface area contributed by atoms with Crippen molar-refractivity contribution in [1.82, 2.24) is 20.4 Å². The minimum atomic E-state index is -0.348. The highest BCUT2D eigenvalue weighted by Crippen LogP contribution is 2.24. The quantitative estimate of drug-likeness (QED) is 0.270. The maximum Gasteiger partial charge on any atom is 0.269 e.